The number of anilines is 11. The molecule has 13 rings (SSSR count). The summed E-state index contributed by atoms with van der Waals surface area (Å²) in [6.07, 6.45) is 8.68. The molecule has 2 aliphatic rings. The molecule has 0 spiro atoms. The van der Waals surface area contributed by atoms with Crippen LogP contribution in [0.2, 0.25) is 0 Å². The Hall–Kier alpha value is -9.90. The van der Waals surface area contributed by atoms with E-state index in [0.29, 0.717) is 0 Å². The van der Waals surface area contributed by atoms with E-state index in [0.717, 1.165) is 120 Å². The lowest BCUT2D eigenvalue weighted by Gasteiger charge is -2.32. The fourth-order valence-corrected chi connectivity index (χ4v) is 11.2. The van der Waals surface area contributed by atoms with Gasteiger partial charge in [0.05, 0.1) is 0 Å². The van der Waals surface area contributed by atoms with E-state index in [2.05, 4.69) is 323 Å². The molecule has 0 atom stereocenters. The molecule has 0 fully saturated rings. The van der Waals surface area contributed by atoms with Gasteiger partial charge in [0, 0.05) is 68.3 Å². The molecule has 4 heteroatoms. The Labute approximate surface area is 446 Å². The molecule has 76 heavy (non-hydrogen) atoms. The Morgan fingerprint density at radius 1 is 0.211 bits per heavy atom. The van der Waals surface area contributed by atoms with Gasteiger partial charge in [0.1, 0.15) is 0 Å². The second kappa shape index (κ2) is 20.5. The molecule has 0 amide bonds. The number of hydrogen-bond donors (Lipinski definition) is 0. The molecular formula is C72H54N4. The monoisotopic (exact) mass is 974 g/mol. The van der Waals surface area contributed by atoms with Crippen LogP contribution in [-0.4, -0.2) is 0 Å². The van der Waals surface area contributed by atoms with Crippen LogP contribution in [-0.2, 0) is 0 Å². The third-order valence-electron chi connectivity index (χ3n) is 14.6. The van der Waals surface area contributed by atoms with E-state index in [1.807, 2.05) is 0 Å². The summed E-state index contributed by atoms with van der Waals surface area (Å²) in [4.78, 5) is 9.58. The molecule has 2 aliphatic carbocycles. The zero-order valence-corrected chi connectivity index (χ0v) is 42.1. The summed E-state index contributed by atoms with van der Waals surface area (Å²) in [5.74, 6) is 0. The van der Waals surface area contributed by atoms with Gasteiger partial charge in [0.2, 0.25) is 0 Å². The van der Waals surface area contributed by atoms with E-state index in [-0.39, 0.29) is 0 Å². The van der Waals surface area contributed by atoms with E-state index in [4.69, 9.17) is 0 Å². The van der Waals surface area contributed by atoms with Gasteiger partial charge in [-0.15, -0.1) is 0 Å². The van der Waals surface area contributed by atoms with Gasteiger partial charge in [0.25, 0.3) is 0 Å². The van der Waals surface area contributed by atoms with Crippen LogP contribution in [0.4, 0.5) is 62.6 Å². The normalized spacial score (nSPS) is 12.1. The van der Waals surface area contributed by atoms with Crippen molar-refractivity contribution < 1.29 is 0 Å². The standard InChI is InChI=1S/C72H54N4/c1-9-25-53(26-10-1)73(54-27-11-2-12-28-54)61-41-45-65-66-46-42-63(75(57-33-17-5-18-34-57)58-35-19-6-20-36-58)51-71(66)72-52-64(76(59-37-21-7-22-38-59)60-39-23-8-24-40-60)44-48-68(72)67-47-43-62(50-70(67)69(65)49-61)74(55-29-13-3-14-30-55)56-31-15-4-16-32-56/h1-23,25-39,41-52H,24,40H2. The van der Waals surface area contributed by atoms with Crippen LogP contribution in [0, 0.1) is 0 Å². The minimum atomic E-state index is 0.940. The molecule has 11 aromatic carbocycles. The van der Waals surface area contributed by atoms with Gasteiger partial charge < -0.3 is 19.6 Å². The molecule has 0 heterocycles. The molecule has 362 valence electrons. The maximum Gasteiger partial charge on any atom is 0.0468 e. The largest absolute Gasteiger partial charge is 0.314 e. The predicted molar refractivity (Wildman–Crippen MR) is 321 cm³/mol. The summed E-state index contributed by atoms with van der Waals surface area (Å²) in [7, 11) is 0. The Morgan fingerprint density at radius 3 is 0.684 bits per heavy atom. The molecule has 0 radical (unpaired) electrons. The van der Waals surface area contributed by atoms with Gasteiger partial charge in [-0.25, -0.2) is 0 Å². The average Bonchev–Trinajstić information content (AvgIpc) is 3.55. The van der Waals surface area contributed by atoms with E-state index >= 15 is 0 Å². The van der Waals surface area contributed by atoms with Gasteiger partial charge in [-0.05, 0) is 197 Å². The topological polar surface area (TPSA) is 13.0 Å². The average molecular weight is 975 g/mol. The Bertz CT molecular complexity index is 3740. The van der Waals surface area contributed by atoms with Crippen LogP contribution < -0.4 is 19.6 Å². The smallest absolute Gasteiger partial charge is 0.0468 e. The summed E-state index contributed by atoms with van der Waals surface area (Å²) < 4.78 is 0. The highest BCUT2D eigenvalue weighted by Crippen LogP contribution is 2.54. The molecule has 4 nitrogen and oxygen atoms in total. The van der Waals surface area contributed by atoms with Crippen LogP contribution in [0.1, 0.15) is 12.8 Å². The lowest BCUT2D eigenvalue weighted by Crippen LogP contribution is -2.17. The van der Waals surface area contributed by atoms with E-state index in [1.54, 1.807) is 0 Å². The quantitative estimate of drug-likeness (QED) is 0.121. The van der Waals surface area contributed by atoms with Gasteiger partial charge in [0.15, 0.2) is 0 Å². The summed E-state index contributed by atoms with van der Waals surface area (Å²) in [6, 6.07) is 104. The number of fused-ring (bicyclic) bond motifs is 8. The highest BCUT2D eigenvalue weighted by molar-refractivity contribution is 6.07. The summed E-state index contributed by atoms with van der Waals surface area (Å²) in [6.45, 7) is 0. The molecular weight excluding hydrogens is 921 g/mol. The fourth-order valence-electron chi connectivity index (χ4n) is 11.2. The fraction of sp³-hybridized carbons (Fsp3) is 0.0278. The number of rotatable bonds is 12. The molecule has 11 aromatic rings. The highest BCUT2D eigenvalue weighted by Gasteiger charge is 2.28. The van der Waals surface area contributed by atoms with Crippen molar-refractivity contribution in [3.05, 3.63) is 309 Å². The maximum atomic E-state index is 2.45. The Kier molecular flexibility index (Phi) is 12.4. The van der Waals surface area contributed by atoms with E-state index < -0.39 is 0 Å². The Balaban J connectivity index is 1.12. The van der Waals surface area contributed by atoms with Crippen molar-refractivity contribution in [1.82, 2.24) is 0 Å². The predicted octanol–water partition coefficient (Wildman–Crippen LogP) is 20.4. The molecule has 0 bridgehead atoms. The van der Waals surface area contributed by atoms with Gasteiger partial charge in [-0.1, -0.05) is 164 Å². The summed E-state index contributed by atoms with van der Waals surface area (Å²) >= 11 is 0. The molecule has 0 unspecified atom stereocenters. The van der Waals surface area contributed by atoms with Crippen LogP contribution in [0.25, 0.3) is 44.5 Å². The number of benzene rings is 11. The second-order valence-corrected chi connectivity index (χ2v) is 19.2. The SMILES string of the molecule is C1=CCCC(N(c2ccccc2)c2ccc3c(c2)-c2cc(N(c4ccccc4)c4ccccc4)ccc2-c2ccc(N(c4ccccc4)c4ccccc4)cc2-c2cc(N(c4ccccc4)c4ccccc4)ccc2-3)=C1. The number of allylic oxidation sites excluding steroid dienone is 4. The molecule has 0 saturated carbocycles. The molecule has 0 N–H and O–H groups in total. The van der Waals surface area contributed by atoms with Crippen LogP contribution >= 0.6 is 0 Å². The van der Waals surface area contributed by atoms with E-state index in [9.17, 15) is 0 Å². The highest BCUT2D eigenvalue weighted by atomic mass is 15.2. The molecule has 0 saturated heterocycles. The zero-order chi connectivity index (χ0) is 50.6. The lowest BCUT2D eigenvalue weighted by atomic mass is 9.80. The third kappa shape index (κ3) is 8.82. The van der Waals surface area contributed by atoms with Crippen molar-refractivity contribution in [1.29, 1.82) is 0 Å². The first-order valence-corrected chi connectivity index (χ1v) is 26.2. The number of hydrogen-bond acceptors (Lipinski definition) is 4. The Morgan fingerprint density at radius 2 is 0.447 bits per heavy atom. The van der Waals surface area contributed by atoms with Crippen molar-refractivity contribution in [2.75, 3.05) is 19.6 Å². The van der Waals surface area contributed by atoms with Crippen molar-refractivity contribution >= 4 is 62.6 Å². The minimum Gasteiger partial charge on any atom is -0.314 e. The first kappa shape index (κ1) is 45.9. The molecule has 0 aliphatic heterocycles. The lowest BCUT2D eigenvalue weighted by molar-refractivity contribution is 0.918. The first-order valence-electron chi connectivity index (χ1n) is 26.2. The molecule has 0 aromatic heterocycles. The van der Waals surface area contributed by atoms with Crippen molar-refractivity contribution in [3.63, 3.8) is 0 Å². The van der Waals surface area contributed by atoms with Crippen molar-refractivity contribution in [3.8, 4) is 44.5 Å². The van der Waals surface area contributed by atoms with Gasteiger partial charge >= 0.3 is 0 Å². The summed E-state index contributed by atoms with van der Waals surface area (Å²) in [5, 5.41) is 0. The second-order valence-electron chi connectivity index (χ2n) is 19.2. The van der Waals surface area contributed by atoms with E-state index in [1.165, 1.54) is 5.70 Å². The number of para-hydroxylation sites is 7. The van der Waals surface area contributed by atoms with Crippen LogP contribution in [0.3, 0.4) is 0 Å². The van der Waals surface area contributed by atoms with Crippen molar-refractivity contribution in [2.24, 2.45) is 0 Å². The maximum absolute atomic E-state index is 2.45. The van der Waals surface area contributed by atoms with Gasteiger partial charge in [-0.3, -0.25) is 0 Å². The number of nitrogens with zero attached hydrogens (tertiary/aromatic N) is 4. The zero-order valence-electron chi connectivity index (χ0n) is 42.1. The van der Waals surface area contributed by atoms with Crippen molar-refractivity contribution in [2.45, 2.75) is 12.8 Å². The first-order chi connectivity index (χ1) is 37.7. The minimum absolute atomic E-state index is 0.940. The summed E-state index contributed by atoms with van der Waals surface area (Å²) in [5.41, 5.74) is 22.5. The van der Waals surface area contributed by atoms with Crippen LogP contribution in [0.15, 0.2) is 309 Å². The van der Waals surface area contributed by atoms with Crippen LogP contribution in [0.5, 0.6) is 0 Å². The third-order valence-corrected chi connectivity index (χ3v) is 14.6. The van der Waals surface area contributed by atoms with Gasteiger partial charge in [-0.2, -0.15) is 0 Å².